The lowest BCUT2D eigenvalue weighted by atomic mass is 10.0. The van der Waals surface area contributed by atoms with E-state index in [2.05, 4.69) is 16.7 Å². The van der Waals surface area contributed by atoms with Crippen LogP contribution in [0.2, 0.25) is 0 Å². The van der Waals surface area contributed by atoms with Gasteiger partial charge in [-0.25, -0.2) is 0 Å². The number of carbonyl (C=O) groups is 2. The Labute approximate surface area is 239 Å². The van der Waals surface area contributed by atoms with Gasteiger partial charge in [0.2, 0.25) is 5.91 Å². The fourth-order valence-corrected chi connectivity index (χ4v) is 6.59. The van der Waals surface area contributed by atoms with Crippen LogP contribution in [-0.4, -0.2) is 11.8 Å². The zero-order valence-electron chi connectivity index (χ0n) is 20.9. The lowest BCUT2D eigenvalue weighted by Gasteiger charge is -2.17. The number of carbonyl (C=O) groups excluding carboxylic acids is 2. The number of anilines is 2. The number of hydrogen-bond acceptors (Lipinski definition) is 6. The number of thiophene rings is 2. The van der Waals surface area contributed by atoms with E-state index >= 15 is 0 Å². The number of rotatable bonds is 8. The molecule has 5 nitrogen and oxygen atoms in total. The summed E-state index contributed by atoms with van der Waals surface area (Å²) in [5.41, 5.74) is 4.81. The maximum Gasteiger partial charge on any atom is 0.265 e. The average molecular weight is 566 g/mol. The van der Waals surface area contributed by atoms with E-state index in [0.717, 1.165) is 27.1 Å². The van der Waals surface area contributed by atoms with Crippen LogP contribution in [-0.2, 0) is 4.79 Å². The predicted molar refractivity (Wildman–Crippen MR) is 162 cm³/mol. The summed E-state index contributed by atoms with van der Waals surface area (Å²) in [5.74, 6) is -0.399. The predicted octanol–water partition coefficient (Wildman–Crippen LogP) is 8.38. The maximum atomic E-state index is 13.7. The van der Waals surface area contributed by atoms with Crippen LogP contribution in [0.25, 0.3) is 11.1 Å². The van der Waals surface area contributed by atoms with Gasteiger partial charge in [0.05, 0.1) is 10.4 Å². The molecular weight excluding hydrogens is 543 g/mol. The summed E-state index contributed by atoms with van der Waals surface area (Å²) in [7, 11) is 0. The fourth-order valence-electron chi connectivity index (χ4n) is 3.97. The topological polar surface area (TPSA) is 82.0 Å². The summed E-state index contributed by atoms with van der Waals surface area (Å²) in [4.78, 5) is 27.7. The number of thioether (sulfide) groups is 1. The minimum absolute atomic E-state index is 0.171. The van der Waals surface area contributed by atoms with Crippen molar-refractivity contribution in [1.82, 2.24) is 0 Å². The third-order valence-corrected chi connectivity index (χ3v) is 8.95. The molecule has 5 aromatic rings. The lowest BCUT2D eigenvalue weighted by Crippen LogP contribution is -2.19. The Hall–Kier alpha value is -4.16. The molecule has 1 unspecified atom stereocenters. The fraction of sp³-hybridized carbons (Fsp3) is 0.0645. The first-order valence-electron chi connectivity index (χ1n) is 12.1. The third-order valence-electron chi connectivity index (χ3n) is 5.93. The molecule has 0 aliphatic rings. The monoisotopic (exact) mass is 565 g/mol. The molecule has 0 aliphatic carbocycles. The summed E-state index contributed by atoms with van der Waals surface area (Å²) in [6.07, 6.45) is 0. The molecule has 2 aromatic heterocycles. The molecule has 192 valence electrons. The van der Waals surface area contributed by atoms with E-state index in [-0.39, 0.29) is 11.8 Å². The minimum atomic E-state index is -0.578. The second kappa shape index (κ2) is 12.1. The smallest absolute Gasteiger partial charge is 0.265 e. The molecule has 0 aliphatic heterocycles. The Kier molecular flexibility index (Phi) is 8.23. The number of benzene rings is 3. The number of nitriles is 1. The summed E-state index contributed by atoms with van der Waals surface area (Å²) < 4.78 is 0. The first kappa shape index (κ1) is 26.4. The second-order valence-electron chi connectivity index (χ2n) is 8.69. The van der Waals surface area contributed by atoms with Crippen molar-refractivity contribution >= 4 is 56.9 Å². The van der Waals surface area contributed by atoms with Crippen molar-refractivity contribution in [2.24, 2.45) is 0 Å². The van der Waals surface area contributed by atoms with Crippen LogP contribution in [0.15, 0.2) is 107 Å². The average Bonchev–Trinajstić information content (AvgIpc) is 3.63. The molecule has 0 spiro atoms. The highest BCUT2D eigenvalue weighted by atomic mass is 32.2. The second-order valence-corrected chi connectivity index (χ2v) is 11.7. The van der Waals surface area contributed by atoms with Crippen LogP contribution >= 0.6 is 34.4 Å². The molecule has 3 aromatic carbocycles. The van der Waals surface area contributed by atoms with E-state index in [0.29, 0.717) is 21.1 Å². The molecule has 8 heteroatoms. The maximum absolute atomic E-state index is 13.7. The van der Waals surface area contributed by atoms with Crippen molar-refractivity contribution in [3.8, 4) is 17.2 Å². The van der Waals surface area contributed by atoms with E-state index < -0.39 is 5.25 Å². The molecule has 1 atom stereocenters. The Morgan fingerprint density at radius 1 is 0.897 bits per heavy atom. The molecule has 0 fully saturated rings. The molecule has 2 heterocycles. The van der Waals surface area contributed by atoms with Gasteiger partial charge in [0.15, 0.2) is 0 Å². The lowest BCUT2D eigenvalue weighted by molar-refractivity contribution is -0.115. The molecule has 2 N–H and O–H groups in total. The van der Waals surface area contributed by atoms with E-state index in [1.807, 2.05) is 103 Å². The van der Waals surface area contributed by atoms with Crippen molar-refractivity contribution in [2.75, 3.05) is 10.6 Å². The van der Waals surface area contributed by atoms with Gasteiger partial charge in [0, 0.05) is 21.5 Å². The Bertz CT molecular complexity index is 1640. The summed E-state index contributed by atoms with van der Waals surface area (Å²) in [5, 5.41) is 19.6. The quantitative estimate of drug-likeness (QED) is 0.185. The van der Waals surface area contributed by atoms with Crippen LogP contribution in [0.4, 0.5) is 10.7 Å². The molecule has 5 rings (SSSR count). The largest absolute Gasteiger partial charge is 0.321 e. The van der Waals surface area contributed by atoms with Gasteiger partial charge in [-0.2, -0.15) is 5.26 Å². The number of hydrogen-bond donors (Lipinski definition) is 2. The summed E-state index contributed by atoms with van der Waals surface area (Å²) >= 11 is 4.11. The summed E-state index contributed by atoms with van der Waals surface area (Å²) in [6, 6.07) is 30.9. The van der Waals surface area contributed by atoms with Gasteiger partial charge in [0.1, 0.15) is 16.3 Å². The number of aryl methyl sites for hydroxylation is 1. The van der Waals surface area contributed by atoms with Gasteiger partial charge in [-0.1, -0.05) is 72.3 Å². The van der Waals surface area contributed by atoms with Gasteiger partial charge < -0.3 is 10.6 Å². The molecule has 0 saturated heterocycles. The van der Waals surface area contributed by atoms with E-state index in [1.165, 1.54) is 34.4 Å². The van der Waals surface area contributed by atoms with E-state index in [9.17, 15) is 14.9 Å². The highest BCUT2D eigenvalue weighted by molar-refractivity contribution is 8.00. The van der Waals surface area contributed by atoms with Crippen LogP contribution in [0, 0.1) is 18.3 Å². The Balaban J connectivity index is 1.39. The molecule has 0 saturated carbocycles. The van der Waals surface area contributed by atoms with Crippen molar-refractivity contribution in [3.63, 3.8) is 0 Å². The minimum Gasteiger partial charge on any atom is -0.321 e. The molecule has 39 heavy (non-hydrogen) atoms. The van der Waals surface area contributed by atoms with Crippen molar-refractivity contribution < 1.29 is 9.59 Å². The standard InChI is InChI=1S/C31H23N3O2S3/c1-20-12-14-21(15-13-20)26-19-38-31(25(26)18-32)34-30(36)28(22-7-3-2-4-8-22)39-24-10-5-9-23(17-24)33-29(35)27-11-6-16-37-27/h2-17,19,28H,1H3,(H,33,35)(H,34,36). The van der Waals surface area contributed by atoms with Gasteiger partial charge in [-0.3, -0.25) is 9.59 Å². The molecular formula is C31H23N3O2S3. The van der Waals surface area contributed by atoms with Crippen LogP contribution < -0.4 is 10.6 Å². The van der Waals surface area contributed by atoms with Crippen LogP contribution in [0.1, 0.15) is 31.6 Å². The van der Waals surface area contributed by atoms with Gasteiger partial charge in [-0.15, -0.1) is 34.4 Å². The van der Waals surface area contributed by atoms with E-state index in [4.69, 9.17) is 0 Å². The first-order chi connectivity index (χ1) is 19.0. The molecule has 2 amide bonds. The van der Waals surface area contributed by atoms with Gasteiger partial charge >= 0.3 is 0 Å². The normalized spacial score (nSPS) is 11.4. The Morgan fingerprint density at radius 3 is 2.41 bits per heavy atom. The summed E-state index contributed by atoms with van der Waals surface area (Å²) in [6.45, 7) is 2.02. The number of nitrogens with zero attached hydrogens (tertiary/aromatic N) is 1. The SMILES string of the molecule is Cc1ccc(-c2csc(NC(=O)C(Sc3cccc(NC(=O)c4cccs4)c3)c3ccccc3)c2C#N)cc1. The first-order valence-corrected chi connectivity index (χ1v) is 14.7. The van der Waals surface area contributed by atoms with E-state index in [1.54, 1.807) is 6.07 Å². The van der Waals surface area contributed by atoms with Crippen molar-refractivity contribution in [3.05, 3.63) is 123 Å². The zero-order chi connectivity index (χ0) is 27.2. The third kappa shape index (κ3) is 6.29. The van der Waals surface area contributed by atoms with Crippen LogP contribution in [0.3, 0.4) is 0 Å². The van der Waals surface area contributed by atoms with Gasteiger partial charge in [-0.05, 0) is 47.7 Å². The zero-order valence-corrected chi connectivity index (χ0v) is 23.3. The number of amides is 2. The van der Waals surface area contributed by atoms with Crippen molar-refractivity contribution in [2.45, 2.75) is 17.1 Å². The highest BCUT2D eigenvalue weighted by Gasteiger charge is 2.25. The Morgan fingerprint density at radius 2 is 1.69 bits per heavy atom. The highest BCUT2D eigenvalue weighted by Crippen LogP contribution is 2.40. The van der Waals surface area contributed by atoms with Crippen LogP contribution in [0.5, 0.6) is 0 Å². The van der Waals surface area contributed by atoms with Gasteiger partial charge in [0.25, 0.3) is 5.91 Å². The van der Waals surface area contributed by atoms with Crippen molar-refractivity contribution in [1.29, 1.82) is 5.26 Å². The number of nitrogens with one attached hydrogen (secondary N) is 2. The molecule has 0 bridgehead atoms. The molecule has 0 radical (unpaired) electrons.